The van der Waals surface area contributed by atoms with Crippen LogP contribution in [0.25, 0.3) is 0 Å². The van der Waals surface area contributed by atoms with Gasteiger partial charge in [0.1, 0.15) is 5.82 Å². The molecule has 3 amide bonds. The molecule has 0 bridgehead atoms. The first kappa shape index (κ1) is 17.4. The minimum Gasteiger partial charge on any atom is -0.342 e. The summed E-state index contributed by atoms with van der Waals surface area (Å²) in [5, 5.41) is 2.69. The highest BCUT2D eigenvalue weighted by Crippen LogP contribution is 2.32. The van der Waals surface area contributed by atoms with E-state index in [0.29, 0.717) is 18.3 Å². The second-order valence-electron chi connectivity index (χ2n) is 7.10. The fraction of sp³-hybridized carbons (Fsp3) is 0.556. The molecule has 1 saturated carbocycles. The van der Waals surface area contributed by atoms with E-state index in [1.807, 2.05) is 13.0 Å². The third-order valence-corrected chi connectivity index (χ3v) is 4.68. The predicted octanol–water partition coefficient (Wildman–Crippen LogP) is 1.05. The summed E-state index contributed by atoms with van der Waals surface area (Å²) in [6, 6.07) is 3.61. The Bertz CT molecular complexity index is 687. The molecule has 1 saturated heterocycles. The molecule has 7 nitrogen and oxygen atoms in total. The summed E-state index contributed by atoms with van der Waals surface area (Å²) in [5.74, 6) is 0.334. The molecule has 3 rings (SSSR count). The molecule has 0 radical (unpaired) electrons. The van der Waals surface area contributed by atoms with Gasteiger partial charge in [0, 0.05) is 32.8 Å². The smallest absolute Gasteiger partial charge is 0.245 e. The first-order valence-electron chi connectivity index (χ1n) is 8.67. The Kier molecular flexibility index (Phi) is 5.01. The lowest BCUT2D eigenvalue weighted by atomic mass is 10.1. The van der Waals surface area contributed by atoms with E-state index >= 15 is 0 Å². The Morgan fingerprint density at radius 2 is 2.16 bits per heavy atom. The summed E-state index contributed by atoms with van der Waals surface area (Å²) in [4.78, 5) is 43.9. The van der Waals surface area contributed by atoms with E-state index in [0.717, 1.165) is 12.1 Å². The largest absolute Gasteiger partial charge is 0.342 e. The van der Waals surface area contributed by atoms with Crippen LogP contribution in [0.5, 0.6) is 0 Å². The van der Waals surface area contributed by atoms with E-state index in [4.69, 9.17) is 0 Å². The molecule has 0 unspecified atom stereocenters. The lowest BCUT2D eigenvalue weighted by Gasteiger charge is -2.21. The molecular formula is C18H24N4O3. The van der Waals surface area contributed by atoms with Crippen molar-refractivity contribution in [1.82, 2.24) is 14.8 Å². The van der Waals surface area contributed by atoms with Crippen LogP contribution in [0.3, 0.4) is 0 Å². The van der Waals surface area contributed by atoms with Crippen LogP contribution in [0, 0.1) is 18.8 Å². The van der Waals surface area contributed by atoms with Gasteiger partial charge < -0.3 is 15.1 Å². The van der Waals surface area contributed by atoms with Gasteiger partial charge >= 0.3 is 0 Å². The van der Waals surface area contributed by atoms with Crippen LogP contribution in [0.1, 0.15) is 24.8 Å². The van der Waals surface area contributed by atoms with Gasteiger partial charge in [-0.15, -0.1) is 0 Å². The fourth-order valence-corrected chi connectivity index (χ4v) is 3.12. The molecule has 1 aliphatic heterocycles. The van der Waals surface area contributed by atoms with Crippen LogP contribution in [0.2, 0.25) is 0 Å². The Balaban J connectivity index is 1.50. The number of carbonyl (C=O) groups is 3. The third-order valence-electron chi connectivity index (χ3n) is 4.68. The first-order valence-corrected chi connectivity index (χ1v) is 8.67. The lowest BCUT2D eigenvalue weighted by Crippen LogP contribution is -2.39. The van der Waals surface area contributed by atoms with Gasteiger partial charge in [-0.1, -0.05) is 0 Å². The van der Waals surface area contributed by atoms with Gasteiger partial charge in [-0.2, -0.15) is 0 Å². The molecule has 1 aliphatic carbocycles. The van der Waals surface area contributed by atoms with E-state index in [1.165, 1.54) is 17.7 Å². The van der Waals surface area contributed by atoms with E-state index in [9.17, 15) is 14.4 Å². The number of aryl methyl sites for hydroxylation is 1. The van der Waals surface area contributed by atoms with Crippen LogP contribution in [-0.2, 0) is 14.4 Å². The quantitative estimate of drug-likeness (QED) is 0.836. The van der Waals surface area contributed by atoms with Gasteiger partial charge in [-0.25, -0.2) is 4.98 Å². The molecule has 7 heteroatoms. The first-order chi connectivity index (χ1) is 11.9. The molecule has 0 spiro atoms. The van der Waals surface area contributed by atoms with Crippen molar-refractivity contribution in [3.63, 3.8) is 0 Å². The van der Waals surface area contributed by atoms with Crippen LogP contribution < -0.4 is 5.32 Å². The minimum absolute atomic E-state index is 0.0482. The zero-order chi connectivity index (χ0) is 18.0. The summed E-state index contributed by atoms with van der Waals surface area (Å²) < 4.78 is 0. The molecule has 2 aliphatic rings. The summed E-state index contributed by atoms with van der Waals surface area (Å²) >= 11 is 0. The van der Waals surface area contributed by atoms with E-state index in [-0.39, 0.29) is 36.6 Å². The monoisotopic (exact) mass is 344 g/mol. The Morgan fingerprint density at radius 1 is 1.40 bits per heavy atom. The highest BCUT2D eigenvalue weighted by atomic mass is 16.2. The van der Waals surface area contributed by atoms with Gasteiger partial charge in [0.05, 0.1) is 12.5 Å². The maximum atomic E-state index is 12.5. The van der Waals surface area contributed by atoms with Gasteiger partial charge in [-0.05, 0) is 43.4 Å². The van der Waals surface area contributed by atoms with Crippen molar-refractivity contribution in [2.45, 2.75) is 26.2 Å². The zero-order valence-electron chi connectivity index (χ0n) is 14.7. The molecular weight excluding hydrogens is 320 g/mol. The second-order valence-corrected chi connectivity index (χ2v) is 7.10. The molecule has 25 heavy (non-hydrogen) atoms. The number of pyridine rings is 1. The van der Waals surface area contributed by atoms with E-state index in [1.54, 1.807) is 24.2 Å². The molecule has 1 aromatic rings. The Labute approximate surface area is 147 Å². The molecule has 1 N–H and O–H groups in total. The zero-order valence-corrected chi connectivity index (χ0v) is 14.7. The molecule has 2 fully saturated rings. The van der Waals surface area contributed by atoms with Gasteiger partial charge in [0.25, 0.3) is 0 Å². The summed E-state index contributed by atoms with van der Waals surface area (Å²) in [6.45, 7) is 3.10. The van der Waals surface area contributed by atoms with E-state index < -0.39 is 0 Å². The molecule has 2 heterocycles. The minimum atomic E-state index is -0.346. The average molecular weight is 344 g/mol. The number of hydrogen-bond acceptors (Lipinski definition) is 4. The predicted molar refractivity (Wildman–Crippen MR) is 92.7 cm³/mol. The average Bonchev–Trinajstić information content (AvgIpc) is 3.29. The number of aromatic nitrogens is 1. The molecule has 0 aromatic carbocycles. The van der Waals surface area contributed by atoms with Crippen LogP contribution in [0.15, 0.2) is 18.3 Å². The molecule has 134 valence electrons. The SMILES string of the molecule is Cc1ccnc(NC(=O)CN(C)C(=O)[C@H]2CC(=O)N(CC3CC3)C2)c1. The lowest BCUT2D eigenvalue weighted by molar-refractivity contribution is -0.137. The van der Waals surface area contributed by atoms with Crippen molar-refractivity contribution in [3.8, 4) is 0 Å². The van der Waals surface area contributed by atoms with Crippen LogP contribution >= 0.6 is 0 Å². The topological polar surface area (TPSA) is 82.6 Å². The number of likely N-dealkylation sites (N-methyl/N-ethyl adjacent to an activating group) is 1. The number of likely N-dealkylation sites (tertiary alicyclic amines) is 1. The van der Waals surface area contributed by atoms with Gasteiger partial charge in [-0.3, -0.25) is 14.4 Å². The van der Waals surface area contributed by atoms with Crippen molar-refractivity contribution in [3.05, 3.63) is 23.9 Å². The van der Waals surface area contributed by atoms with Gasteiger partial charge in [0.2, 0.25) is 17.7 Å². The molecule has 1 atom stereocenters. The van der Waals surface area contributed by atoms with E-state index in [2.05, 4.69) is 10.3 Å². The number of rotatable bonds is 6. The van der Waals surface area contributed by atoms with Crippen LogP contribution in [-0.4, -0.2) is 59.2 Å². The number of amides is 3. The highest BCUT2D eigenvalue weighted by Gasteiger charge is 2.38. The normalized spacial score (nSPS) is 19.8. The Hall–Kier alpha value is -2.44. The standard InChI is InChI=1S/C18H24N4O3/c1-12-5-6-19-15(7-12)20-16(23)11-21(2)18(25)14-8-17(24)22(10-14)9-13-3-4-13/h5-7,13-14H,3-4,8-11H2,1-2H3,(H,19,20,23)/t14-/m0/s1. The summed E-state index contributed by atoms with van der Waals surface area (Å²) in [6.07, 6.45) is 4.22. The maximum absolute atomic E-state index is 12.5. The summed E-state index contributed by atoms with van der Waals surface area (Å²) in [7, 11) is 1.60. The van der Waals surface area contributed by atoms with Crippen molar-refractivity contribution in [2.24, 2.45) is 11.8 Å². The van der Waals surface area contributed by atoms with Crippen molar-refractivity contribution in [2.75, 3.05) is 32.0 Å². The number of hydrogen-bond donors (Lipinski definition) is 1. The third kappa shape index (κ3) is 4.55. The van der Waals surface area contributed by atoms with Crippen molar-refractivity contribution >= 4 is 23.5 Å². The second kappa shape index (κ2) is 7.21. The summed E-state index contributed by atoms with van der Waals surface area (Å²) in [5.41, 5.74) is 0.995. The number of anilines is 1. The molecule has 1 aromatic heterocycles. The number of nitrogens with zero attached hydrogens (tertiary/aromatic N) is 3. The van der Waals surface area contributed by atoms with Gasteiger partial charge in [0.15, 0.2) is 0 Å². The highest BCUT2D eigenvalue weighted by molar-refractivity contribution is 5.95. The maximum Gasteiger partial charge on any atom is 0.245 e. The van der Waals surface area contributed by atoms with Crippen molar-refractivity contribution < 1.29 is 14.4 Å². The van der Waals surface area contributed by atoms with Crippen molar-refractivity contribution in [1.29, 1.82) is 0 Å². The number of nitrogens with one attached hydrogen (secondary N) is 1. The Morgan fingerprint density at radius 3 is 2.84 bits per heavy atom. The fourth-order valence-electron chi connectivity index (χ4n) is 3.12. The van der Waals surface area contributed by atoms with Crippen LogP contribution in [0.4, 0.5) is 5.82 Å². The number of carbonyl (C=O) groups excluding carboxylic acids is 3.